The van der Waals surface area contributed by atoms with Gasteiger partial charge in [0, 0.05) is 18.7 Å². The summed E-state index contributed by atoms with van der Waals surface area (Å²) >= 11 is 0. The van der Waals surface area contributed by atoms with E-state index in [0.717, 1.165) is 30.1 Å². The summed E-state index contributed by atoms with van der Waals surface area (Å²) in [5.74, 6) is 0.812. The summed E-state index contributed by atoms with van der Waals surface area (Å²) in [7, 11) is 1.65. The highest BCUT2D eigenvalue weighted by molar-refractivity contribution is 5.60. The number of aliphatic hydroxyl groups excluding tert-OH is 1. The summed E-state index contributed by atoms with van der Waals surface area (Å²) in [6.45, 7) is 1.94. The van der Waals surface area contributed by atoms with Crippen molar-refractivity contribution in [1.29, 1.82) is 0 Å². The van der Waals surface area contributed by atoms with Gasteiger partial charge < -0.3 is 9.84 Å². The van der Waals surface area contributed by atoms with Gasteiger partial charge in [-0.15, -0.1) is 0 Å². The van der Waals surface area contributed by atoms with Crippen LogP contribution < -0.4 is 10.2 Å². The number of rotatable bonds is 5. The van der Waals surface area contributed by atoms with Crippen molar-refractivity contribution in [2.24, 2.45) is 0 Å². The highest BCUT2D eigenvalue weighted by atomic mass is 16.5. The predicted molar refractivity (Wildman–Crippen MR) is 88.7 cm³/mol. The molecule has 2 aromatic rings. The maximum Gasteiger partial charge on any atom is 0.160 e. The summed E-state index contributed by atoms with van der Waals surface area (Å²) in [6.07, 6.45) is 4.09. The fraction of sp³-hybridized carbons (Fsp3) is 0.471. The van der Waals surface area contributed by atoms with Crippen LogP contribution in [0.3, 0.4) is 0 Å². The van der Waals surface area contributed by atoms with Gasteiger partial charge in [0.05, 0.1) is 18.5 Å². The molecule has 2 heterocycles. The van der Waals surface area contributed by atoms with Crippen molar-refractivity contribution in [3.8, 4) is 17.0 Å². The number of aromatic nitrogens is 2. The molecule has 6 heteroatoms. The molecule has 0 saturated carbocycles. The summed E-state index contributed by atoms with van der Waals surface area (Å²) in [5, 5.41) is 19.7. The molecule has 0 aliphatic carbocycles. The van der Waals surface area contributed by atoms with Crippen molar-refractivity contribution >= 4 is 0 Å². The Morgan fingerprint density at radius 2 is 1.87 bits per heavy atom. The number of benzene rings is 1. The molecule has 1 atom stereocenters. The monoisotopic (exact) mass is 316 g/mol. The minimum Gasteiger partial charge on any atom is -0.497 e. The normalized spacial score (nSPS) is 17.7. The van der Waals surface area contributed by atoms with Crippen LogP contribution in [0, 0.1) is 0 Å². The molecule has 3 rings (SSSR count). The zero-order chi connectivity index (χ0) is 16.1. The van der Waals surface area contributed by atoms with Crippen molar-refractivity contribution in [3.63, 3.8) is 0 Å². The van der Waals surface area contributed by atoms with Crippen LogP contribution in [0.2, 0.25) is 0 Å². The Kier molecular flexibility index (Phi) is 5.27. The molecule has 1 fully saturated rings. The molecular formula is C17H24N4O2. The second kappa shape index (κ2) is 7.59. The van der Waals surface area contributed by atoms with Crippen LogP contribution in [-0.4, -0.2) is 40.5 Å². The third-order valence-corrected chi connectivity index (χ3v) is 4.19. The van der Waals surface area contributed by atoms with Gasteiger partial charge in [0.15, 0.2) is 6.23 Å². The molecule has 6 nitrogen and oxygen atoms in total. The zero-order valence-electron chi connectivity index (χ0n) is 13.5. The molecule has 124 valence electrons. The van der Waals surface area contributed by atoms with E-state index < -0.39 is 6.23 Å². The molecule has 0 spiro atoms. The predicted octanol–water partition coefficient (Wildman–Crippen LogP) is 2.46. The van der Waals surface area contributed by atoms with Gasteiger partial charge in [-0.3, -0.25) is 5.10 Å². The summed E-state index contributed by atoms with van der Waals surface area (Å²) in [6, 6.07) is 9.57. The fourth-order valence-corrected chi connectivity index (χ4v) is 2.83. The lowest BCUT2D eigenvalue weighted by molar-refractivity contribution is 0.0328. The van der Waals surface area contributed by atoms with Gasteiger partial charge in [-0.2, -0.15) is 5.10 Å². The number of H-pyrrole nitrogens is 1. The lowest BCUT2D eigenvalue weighted by Crippen LogP contribution is -2.41. The van der Waals surface area contributed by atoms with Crippen LogP contribution in [0.15, 0.2) is 30.3 Å². The third-order valence-electron chi connectivity index (χ3n) is 4.19. The summed E-state index contributed by atoms with van der Waals surface area (Å²) in [4.78, 5) is 0. The summed E-state index contributed by atoms with van der Waals surface area (Å²) < 4.78 is 5.16. The third kappa shape index (κ3) is 4.10. The van der Waals surface area contributed by atoms with Crippen molar-refractivity contribution in [2.45, 2.75) is 31.9 Å². The number of hydrogen-bond acceptors (Lipinski definition) is 5. The van der Waals surface area contributed by atoms with Crippen LogP contribution in [0.5, 0.6) is 5.75 Å². The number of aliphatic hydroxyl groups is 1. The number of ether oxygens (including phenoxy) is 1. The average molecular weight is 316 g/mol. The summed E-state index contributed by atoms with van der Waals surface area (Å²) in [5.41, 5.74) is 5.61. The molecule has 23 heavy (non-hydrogen) atoms. The van der Waals surface area contributed by atoms with Crippen molar-refractivity contribution in [1.82, 2.24) is 20.6 Å². The first-order chi connectivity index (χ1) is 11.3. The molecule has 3 N–H and O–H groups in total. The van der Waals surface area contributed by atoms with Crippen LogP contribution in [0.25, 0.3) is 11.3 Å². The highest BCUT2D eigenvalue weighted by Gasteiger charge is 2.16. The number of hydrazine groups is 1. The number of methoxy groups -OCH3 is 1. The molecule has 1 aliphatic rings. The first kappa shape index (κ1) is 16.0. The van der Waals surface area contributed by atoms with Gasteiger partial charge in [-0.05, 0) is 43.2 Å². The van der Waals surface area contributed by atoms with Gasteiger partial charge in [-0.1, -0.05) is 12.8 Å². The molecule has 1 aliphatic heterocycles. The Labute approximate surface area is 136 Å². The van der Waals surface area contributed by atoms with Gasteiger partial charge in [0.1, 0.15) is 5.75 Å². The molecule has 0 amide bonds. The van der Waals surface area contributed by atoms with E-state index in [1.54, 1.807) is 7.11 Å². The van der Waals surface area contributed by atoms with E-state index in [2.05, 4.69) is 20.6 Å². The second-order valence-electron chi connectivity index (χ2n) is 5.87. The number of nitrogens with one attached hydrogen (secondary N) is 2. The first-order valence-electron chi connectivity index (χ1n) is 8.15. The fourth-order valence-electron chi connectivity index (χ4n) is 2.83. The number of hydrogen-bond donors (Lipinski definition) is 3. The van der Waals surface area contributed by atoms with Crippen molar-refractivity contribution < 1.29 is 9.84 Å². The van der Waals surface area contributed by atoms with E-state index in [1.807, 2.05) is 30.3 Å². The minimum absolute atomic E-state index is 0.667. The lowest BCUT2D eigenvalue weighted by atomic mass is 10.1. The van der Waals surface area contributed by atoms with Crippen LogP contribution in [0.1, 0.15) is 37.6 Å². The Morgan fingerprint density at radius 3 is 2.52 bits per heavy atom. The SMILES string of the molecule is COc1ccc(-c2cc(C(O)NN3CCCCCC3)[nH]n2)cc1. The zero-order valence-corrected chi connectivity index (χ0v) is 13.5. The van der Waals surface area contributed by atoms with E-state index in [4.69, 9.17) is 4.74 Å². The van der Waals surface area contributed by atoms with Crippen molar-refractivity contribution in [3.05, 3.63) is 36.0 Å². The Morgan fingerprint density at radius 1 is 1.17 bits per heavy atom. The smallest absolute Gasteiger partial charge is 0.160 e. The Balaban J connectivity index is 1.65. The van der Waals surface area contributed by atoms with E-state index >= 15 is 0 Å². The number of aromatic amines is 1. The quantitative estimate of drug-likeness (QED) is 0.739. The first-order valence-corrected chi connectivity index (χ1v) is 8.15. The average Bonchev–Trinajstić information content (AvgIpc) is 2.94. The van der Waals surface area contributed by atoms with Gasteiger partial charge in [0.2, 0.25) is 0 Å². The maximum absolute atomic E-state index is 10.4. The van der Waals surface area contributed by atoms with Gasteiger partial charge >= 0.3 is 0 Å². The van der Waals surface area contributed by atoms with Gasteiger partial charge in [-0.25, -0.2) is 10.4 Å². The minimum atomic E-state index is -0.771. The van der Waals surface area contributed by atoms with Crippen LogP contribution in [0.4, 0.5) is 0 Å². The number of nitrogens with zero attached hydrogens (tertiary/aromatic N) is 2. The largest absolute Gasteiger partial charge is 0.497 e. The lowest BCUT2D eigenvalue weighted by Gasteiger charge is -2.24. The van der Waals surface area contributed by atoms with E-state index in [-0.39, 0.29) is 0 Å². The molecule has 0 bridgehead atoms. The van der Waals surface area contributed by atoms with Crippen molar-refractivity contribution in [2.75, 3.05) is 20.2 Å². The molecular weight excluding hydrogens is 292 g/mol. The van der Waals surface area contributed by atoms with Crippen LogP contribution in [-0.2, 0) is 0 Å². The molecule has 1 unspecified atom stereocenters. The van der Waals surface area contributed by atoms with E-state index in [0.29, 0.717) is 5.69 Å². The molecule has 1 aromatic heterocycles. The standard InChI is InChI=1S/C17H24N4O2/c1-23-14-8-6-13(7-9-14)15-12-16(19-18-15)17(22)20-21-10-4-2-3-5-11-21/h6-9,12,17,20,22H,2-5,10-11H2,1H3,(H,18,19). The van der Waals surface area contributed by atoms with E-state index in [1.165, 1.54) is 25.7 Å². The molecule has 1 aromatic carbocycles. The topological polar surface area (TPSA) is 73.4 Å². The van der Waals surface area contributed by atoms with E-state index in [9.17, 15) is 5.11 Å². The van der Waals surface area contributed by atoms with Gasteiger partial charge in [0.25, 0.3) is 0 Å². The Hall–Kier alpha value is -1.89. The van der Waals surface area contributed by atoms with Crippen LogP contribution >= 0.6 is 0 Å². The molecule has 0 radical (unpaired) electrons. The Bertz CT molecular complexity index is 603. The highest BCUT2D eigenvalue weighted by Crippen LogP contribution is 2.22. The molecule has 1 saturated heterocycles. The maximum atomic E-state index is 10.4. The second-order valence-corrected chi connectivity index (χ2v) is 5.87.